The van der Waals surface area contributed by atoms with Crippen molar-refractivity contribution in [1.82, 2.24) is 10.2 Å². The Morgan fingerprint density at radius 1 is 1.29 bits per heavy atom. The SMILES string of the molecule is CC1(O)CCCN(C(=O)[C@H]2CCCCN2)CC1. The van der Waals surface area contributed by atoms with Gasteiger partial charge in [0.2, 0.25) is 5.91 Å². The Morgan fingerprint density at radius 2 is 2.12 bits per heavy atom. The fourth-order valence-corrected chi connectivity index (χ4v) is 2.77. The van der Waals surface area contributed by atoms with Crippen LogP contribution in [0, 0.1) is 0 Å². The molecule has 0 aromatic rings. The van der Waals surface area contributed by atoms with Gasteiger partial charge in [-0.1, -0.05) is 6.42 Å². The highest BCUT2D eigenvalue weighted by atomic mass is 16.3. The van der Waals surface area contributed by atoms with Gasteiger partial charge < -0.3 is 15.3 Å². The van der Waals surface area contributed by atoms with E-state index in [2.05, 4.69) is 5.32 Å². The molecule has 0 aromatic carbocycles. The lowest BCUT2D eigenvalue weighted by atomic mass is 9.98. The van der Waals surface area contributed by atoms with Gasteiger partial charge in [-0.05, 0) is 45.6 Å². The van der Waals surface area contributed by atoms with E-state index in [1.54, 1.807) is 0 Å². The molecule has 2 rings (SSSR count). The average Bonchev–Trinajstić information content (AvgIpc) is 2.50. The molecule has 0 radical (unpaired) electrons. The molecular weight excluding hydrogens is 216 g/mol. The molecule has 0 aromatic heterocycles. The molecule has 2 saturated heterocycles. The Bertz CT molecular complexity index is 273. The molecule has 1 amide bonds. The number of nitrogens with one attached hydrogen (secondary N) is 1. The Kier molecular flexibility index (Phi) is 4.05. The summed E-state index contributed by atoms with van der Waals surface area (Å²) in [6.07, 6.45) is 5.70. The summed E-state index contributed by atoms with van der Waals surface area (Å²) in [7, 11) is 0. The highest BCUT2D eigenvalue weighted by molar-refractivity contribution is 5.82. The summed E-state index contributed by atoms with van der Waals surface area (Å²) in [5, 5.41) is 13.3. The van der Waals surface area contributed by atoms with Crippen molar-refractivity contribution in [3.05, 3.63) is 0 Å². The van der Waals surface area contributed by atoms with E-state index in [4.69, 9.17) is 0 Å². The van der Waals surface area contributed by atoms with Crippen molar-refractivity contribution in [2.75, 3.05) is 19.6 Å². The molecule has 98 valence electrons. The molecule has 0 aliphatic carbocycles. The molecule has 4 heteroatoms. The van der Waals surface area contributed by atoms with Crippen molar-refractivity contribution < 1.29 is 9.90 Å². The van der Waals surface area contributed by atoms with Crippen molar-refractivity contribution in [1.29, 1.82) is 0 Å². The van der Waals surface area contributed by atoms with Crippen LogP contribution < -0.4 is 5.32 Å². The number of hydrogen-bond donors (Lipinski definition) is 2. The largest absolute Gasteiger partial charge is 0.390 e. The van der Waals surface area contributed by atoms with Gasteiger partial charge in [0.05, 0.1) is 11.6 Å². The standard InChI is InChI=1S/C13H24N2O2/c1-13(17)6-4-9-15(10-7-13)12(16)11-5-2-3-8-14-11/h11,14,17H,2-10H2,1H3/t11-,13?/m1/s1. The number of amides is 1. The van der Waals surface area contributed by atoms with Gasteiger partial charge in [0.1, 0.15) is 0 Å². The summed E-state index contributed by atoms with van der Waals surface area (Å²) in [5.74, 6) is 0.238. The van der Waals surface area contributed by atoms with Gasteiger partial charge in [0.15, 0.2) is 0 Å². The molecule has 2 atom stereocenters. The van der Waals surface area contributed by atoms with E-state index in [0.717, 1.165) is 38.8 Å². The molecule has 0 saturated carbocycles. The third-order valence-electron chi connectivity index (χ3n) is 3.98. The van der Waals surface area contributed by atoms with Crippen molar-refractivity contribution >= 4 is 5.91 Å². The second-order valence-corrected chi connectivity index (χ2v) is 5.68. The van der Waals surface area contributed by atoms with Crippen LogP contribution in [0.5, 0.6) is 0 Å². The van der Waals surface area contributed by atoms with E-state index in [-0.39, 0.29) is 11.9 Å². The van der Waals surface area contributed by atoms with Crippen LogP contribution in [0.2, 0.25) is 0 Å². The molecule has 2 N–H and O–H groups in total. The van der Waals surface area contributed by atoms with Crippen LogP contribution >= 0.6 is 0 Å². The topological polar surface area (TPSA) is 52.6 Å². The highest BCUT2D eigenvalue weighted by Crippen LogP contribution is 2.22. The third-order valence-corrected chi connectivity index (χ3v) is 3.98. The molecule has 17 heavy (non-hydrogen) atoms. The number of carbonyl (C=O) groups excluding carboxylic acids is 1. The van der Waals surface area contributed by atoms with Gasteiger partial charge in [-0.2, -0.15) is 0 Å². The Morgan fingerprint density at radius 3 is 2.82 bits per heavy atom. The molecule has 2 aliphatic rings. The van der Waals surface area contributed by atoms with Crippen molar-refractivity contribution in [3.8, 4) is 0 Å². The van der Waals surface area contributed by atoms with E-state index in [1.807, 2.05) is 11.8 Å². The Balaban J connectivity index is 1.90. The zero-order chi connectivity index (χ0) is 12.3. The monoisotopic (exact) mass is 240 g/mol. The van der Waals surface area contributed by atoms with Crippen molar-refractivity contribution in [2.24, 2.45) is 0 Å². The average molecular weight is 240 g/mol. The van der Waals surface area contributed by atoms with E-state index in [0.29, 0.717) is 13.0 Å². The van der Waals surface area contributed by atoms with E-state index in [9.17, 15) is 9.90 Å². The molecule has 2 fully saturated rings. The molecular formula is C13H24N2O2. The quantitative estimate of drug-likeness (QED) is 0.716. The van der Waals surface area contributed by atoms with Gasteiger partial charge in [-0.15, -0.1) is 0 Å². The van der Waals surface area contributed by atoms with Gasteiger partial charge in [0.25, 0.3) is 0 Å². The summed E-state index contributed by atoms with van der Waals surface area (Å²) in [6.45, 7) is 4.33. The zero-order valence-electron chi connectivity index (χ0n) is 10.7. The number of nitrogens with zero attached hydrogens (tertiary/aromatic N) is 1. The number of rotatable bonds is 1. The number of carbonyl (C=O) groups is 1. The molecule has 0 bridgehead atoms. The summed E-state index contributed by atoms with van der Waals surface area (Å²) in [5.41, 5.74) is -0.588. The summed E-state index contributed by atoms with van der Waals surface area (Å²) < 4.78 is 0. The lowest BCUT2D eigenvalue weighted by molar-refractivity contribution is -0.134. The molecule has 4 nitrogen and oxygen atoms in total. The maximum absolute atomic E-state index is 12.3. The fourth-order valence-electron chi connectivity index (χ4n) is 2.77. The minimum absolute atomic E-state index is 0.0202. The van der Waals surface area contributed by atoms with Crippen LogP contribution in [-0.2, 0) is 4.79 Å². The summed E-state index contributed by atoms with van der Waals surface area (Å²) in [6, 6.07) is 0.0202. The summed E-state index contributed by atoms with van der Waals surface area (Å²) >= 11 is 0. The first kappa shape index (κ1) is 12.8. The molecule has 2 aliphatic heterocycles. The molecule has 0 spiro atoms. The summed E-state index contributed by atoms with van der Waals surface area (Å²) in [4.78, 5) is 14.2. The molecule has 1 unspecified atom stereocenters. The maximum Gasteiger partial charge on any atom is 0.239 e. The van der Waals surface area contributed by atoms with Gasteiger partial charge >= 0.3 is 0 Å². The number of aliphatic hydroxyl groups is 1. The first-order valence-corrected chi connectivity index (χ1v) is 6.83. The van der Waals surface area contributed by atoms with E-state index < -0.39 is 5.60 Å². The zero-order valence-corrected chi connectivity index (χ0v) is 10.7. The predicted octanol–water partition coefficient (Wildman–Crippen LogP) is 0.892. The third kappa shape index (κ3) is 3.42. The second-order valence-electron chi connectivity index (χ2n) is 5.68. The minimum atomic E-state index is -0.588. The van der Waals surface area contributed by atoms with Crippen LogP contribution in [0.25, 0.3) is 0 Å². The first-order chi connectivity index (χ1) is 8.08. The number of hydrogen-bond acceptors (Lipinski definition) is 3. The first-order valence-electron chi connectivity index (χ1n) is 6.83. The maximum atomic E-state index is 12.3. The van der Waals surface area contributed by atoms with Crippen LogP contribution in [0.4, 0.5) is 0 Å². The van der Waals surface area contributed by atoms with Gasteiger partial charge in [-0.25, -0.2) is 0 Å². The normalized spacial score (nSPS) is 35.4. The van der Waals surface area contributed by atoms with Crippen LogP contribution in [0.15, 0.2) is 0 Å². The number of piperidine rings is 1. The van der Waals surface area contributed by atoms with Crippen molar-refractivity contribution in [2.45, 2.75) is 57.1 Å². The van der Waals surface area contributed by atoms with Crippen LogP contribution in [0.1, 0.15) is 45.4 Å². The van der Waals surface area contributed by atoms with E-state index >= 15 is 0 Å². The van der Waals surface area contributed by atoms with Crippen LogP contribution in [0.3, 0.4) is 0 Å². The molecule has 2 heterocycles. The van der Waals surface area contributed by atoms with Gasteiger partial charge in [0, 0.05) is 13.1 Å². The fraction of sp³-hybridized carbons (Fsp3) is 0.923. The van der Waals surface area contributed by atoms with E-state index in [1.165, 1.54) is 6.42 Å². The van der Waals surface area contributed by atoms with Crippen LogP contribution in [-0.4, -0.2) is 47.2 Å². The van der Waals surface area contributed by atoms with Crippen molar-refractivity contribution in [3.63, 3.8) is 0 Å². The Labute approximate surface area is 103 Å². The lowest BCUT2D eigenvalue weighted by Crippen LogP contribution is -2.49. The predicted molar refractivity (Wildman–Crippen MR) is 66.7 cm³/mol. The lowest BCUT2D eigenvalue weighted by Gasteiger charge is -2.29. The Hall–Kier alpha value is -0.610. The highest BCUT2D eigenvalue weighted by Gasteiger charge is 2.30. The van der Waals surface area contributed by atoms with Gasteiger partial charge in [-0.3, -0.25) is 4.79 Å². The second kappa shape index (κ2) is 5.36. The minimum Gasteiger partial charge on any atom is -0.390 e. The number of likely N-dealkylation sites (tertiary alicyclic amines) is 1. The smallest absolute Gasteiger partial charge is 0.239 e.